The second-order valence-electron chi connectivity index (χ2n) is 5.08. The zero-order valence-electron chi connectivity index (χ0n) is 12.1. The van der Waals surface area contributed by atoms with E-state index in [2.05, 4.69) is 10.6 Å². The molecule has 22 heavy (non-hydrogen) atoms. The lowest BCUT2D eigenvalue weighted by molar-refractivity contribution is -0.384. The molecule has 2 rings (SSSR count). The zero-order valence-corrected chi connectivity index (χ0v) is 12.1. The number of carbonyl (C=O) groups excluding carboxylic acids is 2. The van der Waals surface area contributed by atoms with Gasteiger partial charge in [0, 0.05) is 19.2 Å². The molecule has 0 unspecified atom stereocenters. The second-order valence-corrected chi connectivity index (χ2v) is 5.08. The number of nitrogens with zero attached hydrogens (tertiary/aromatic N) is 1. The third-order valence-corrected chi connectivity index (χ3v) is 3.32. The Hall–Kier alpha value is -2.48. The summed E-state index contributed by atoms with van der Waals surface area (Å²) in [6.07, 6.45) is 1.69. The highest BCUT2D eigenvalue weighted by Gasteiger charge is 2.22. The number of aryl methyl sites for hydroxylation is 1. The van der Waals surface area contributed by atoms with Crippen LogP contribution in [0.2, 0.25) is 0 Å². The number of ether oxygens (including phenoxy) is 1. The largest absolute Gasteiger partial charge is 0.376 e. The Bertz CT molecular complexity index is 596. The lowest BCUT2D eigenvalue weighted by Gasteiger charge is -2.11. The zero-order chi connectivity index (χ0) is 16.1. The first-order valence-electron chi connectivity index (χ1n) is 6.93. The molecule has 0 spiro atoms. The van der Waals surface area contributed by atoms with Crippen molar-refractivity contribution in [3.05, 3.63) is 33.9 Å². The van der Waals surface area contributed by atoms with E-state index in [1.807, 2.05) is 0 Å². The van der Waals surface area contributed by atoms with Gasteiger partial charge in [0.2, 0.25) is 0 Å². The molecule has 1 aliphatic heterocycles. The van der Waals surface area contributed by atoms with Crippen LogP contribution in [0.5, 0.6) is 0 Å². The molecule has 1 aromatic rings. The van der Waals surface area contributed by atoms with Crippen LogP contribution in [-0.2, 0) is 14.3 Å². The molecule has 1 atom stereocenters. The number of nitro groups is 1. The van der Waals surface area contributed by atoms with E-state index < -0.39 is 16.7 Å². The molecule has 0 aromatic heterocycles. The summed E-state index contributed by atoms with van der Waals surface area (Å²) in [5.41, 5.74) is 0.431. The van der Waals surface area contributed by atoms with E-state index in [1.54, 1.807) is 13.0 Å². The van der Waals surface area contributed by atoms with Gasteiger partial charge in [0.05, 0.1) is 11.0 Å². The molecule has 8 heteroatoms. The predicted octanol–water partition coefficient (Wildman–Crippen LogP) is 1.14. The number of nitro benzene ring substituents is 1. The molecule has 0 aliphatic carbocycles. The van der Waals surface area contributed by atoms with Crippen LogP contribution in [0.25, 0.3) is 0 Å². The first-order valence-corrected chi connectivity index (χ1v) is 6.93. The molecule has 1 saturated heterocycles. The quantitative estimate of drug-likeness (QED) is 0.492. The first kappa shape index (κ1) is 15.9. The number of amides is 2. The molecule has 1 fully saturated rings. The van der Waals surface area contributed by atoms with Gasteiger partial charge in [-0.25, -0.2) is 0 Å². The fourth-order valence-electron chi connectivity index (χ4n) is 2.17. The number of benzene rings is 1. The lowest BCUT2D eigenvalue weighted by atomic mass is 10.2. The van der Waals surface area contributed by atoms with Gasteiger partial charge in [0.15, 0.2) is 0 Å². The van der Waals surface area contributed by atoms with Gasteiger partial charge in [-0.2, -0.15) is 0 Å². The minimum Gasteiger partial charge on any atom is -0.376 e. The van der Waals surface area contributed by atoms with Crippen molar-refractivity contribution in [2.45, 2.75) is 25.9 Å². The van der Waals surface area contributed by atoms with E-state index in [1.165, 1.54) is 12.1 Å². The van der Waals surface area contributed by atoms with Crippen LogP contribution >= 0.6 is 0 Å². The molecule has 1 aromatic carbocycles. The summed E-state index contributed by atoms with van der Waals surface area (Å²) in [5, 5.41) is 15.7. The van der Waals surface area contributed by atoms with Crippen molar-refractivity contribution >= 4 is 23.2 Å². The highest BCUT2D eigenvalue weighted by molar-refractivity contribution is 6.39. The van der Waals surface area contributed by atoms with E-state index in [-0.39, 0.29) is 24.0 Å². The summed E-state index contributed by atoms with van der Waals surface area (Å²) in [5.74, 6) is -1.78. The maximum Gasteiger partial charge on any atom is 0.313 e. The normalized spacial score (nSPS) is 17.0. The Morgan fingerprint density at radius 1 is 1.41 bits per heavy atom. The van der Waals surface area contributed by atoms with Crippen molar-refractivity contribution in [1.29, 1.82) is 0 Å². The van der Waals surface area contributed by atoms with Crippen molar-refractivity contribution < 1.29 is 19.2 Å². The maximum atomic E-state index is 11.8. The molecule has 0 radical (unpaired) electrons. The summed E-state index contributed by atoms with van der Waals surface area (Å²) < 4.78 is 5.33. The molecular formula is C14H17N3O5. The van der Waals surface area contributed by atoms with Crippen molar-refractivity contribution in [2.24, 2.45) is 0 Å². The second kappa shape index (κ2) is 6.99. The van der Waals surface area contributed by atoms with Gasteiger partial charge in [0.25, 0.3) is 5.69 Å². The third-order valence-electron chi connectivity index (χ3n) is 3.32. The number of hydrogen-bond donors (Lipinski definition) is 2. The number of carbonyl (C=O) groups is 2. The van der Waals surface area contributed by atoms with Crippen LogP contribution in [0, 0.1) is 17.0 Å². The van der Waals surface area contributed by atoms with Gasteiger partial charge < -0.3 is 15.4 Å². The van der Waals surface area contributed by atoms with E-state index in [0.29, 0.717) is 12.2 Å². The Labute approximate surface area is 127 Å². The highest BCUT2D eigenvalue weighted by Crippen LogP contribution is 2.25. The number of hydrogen-bond acceptors (Lipinski definition) is 5. The van der Waals surface area contributed by atoms with Crippen LogP contribution in [0.1, 0.15) is 18.4 Å². The summed E-state index contributed by atoms with van der Waals surface area (Å²) >= 11 is 0. The van der Waals surface area contributed by atoms with Gasteiger partial charge in [-0.3, -0.25) is 19.7 Å². The third kappa shape index (κ3) is 4.01. The first-order chi connectivity index (χ1) is 10.5. The minimum absolute atomic E-state index is 0.00661. The molecular weight excluding hydrogens is 290 g/mol. The molecule has 1 aliphatic rings. The lowest BCUT2D eigenvalue weighted by Crippen LogP contribution is -2.39. The summed E-state index contributed by atoms with van der Waals surface area (Å²) in [7, 11) is 0. The van der Waals surface area contributed by atoms with Crippen LogP contribution < -0.4 is 10.6 Å². The van der Waals surface area contributed by atoms with E-state index in [9.17, 15) is 19.7 Å². The monoisotopic (exact) mass is 307 g/mol. The molecule has 0 bridgehead atoms. The van der Waals surface area contributed by atoms with E-state index in [0.717, 1.165) is 12.8 Å². The van der Waals surface area contributed by atoms with Crippen LogP contribution in [0.4, 0.5) is 11.4 Å². The average molecular weight is 307 g/mol. The van der Waals surface area contributed by atoms with Gasteiger partial charge in [-0.05, 0) is 31.4 Å². The van der Waals surface area contributed by atoms with E-state index in [4.69, 9.17) is 4.74 Å². The smallest absolute Gasteiger partial charge is 0.313 e. The minimum atomic E-state index is -0.940. The molecule has 118 valence electrons. The Balaban J connectivity index is 1.96. The Kier molecular flexibility index (Phi) is 5.05. The molecule has 2 amide bonds. The number of nitrogens with one attached hydrogen (secondary N) is 2. The molecule has 1 heterocycles. The SMILES string of the molecule is Cc1ccc(NC(=O)C(=O)NC[C@H]2CCCO2)c([N+](=O)[O-])c1. The molecule has 2 N–H and O–H groups in total. The summed E-state index contributed by atoms with van der Waals surface area (Å²) in [6, 6.07) is 4.35. The highest BCUT2D eigenvalue weighted by atomic mass is 16.6. The fraction of sp³-hybridized carbons (Fsp3) is 0.429. The topological polar surface area (TPSA) is 111 Å². The number of anilines is 1. The molecule has 8 nitrogen and oxygen atoms in total. The number of rotatable bonds is 4. The predicted molar refractivity (Wildman–Crippen MR) is 78.4 cm³/mol. The maximum absolute atomic E-state index is 11.8. The van der Waals surface area contributed by atoms with Crippen molar-refractivity contribution in [3.8, 4) is 0 Å². The van der Waals surface area contributed by atoms with Gasteiger partial charge in [0.1, 0.15) is 5.69 Å². The van der Waals surface area contributed by atoms with Crippen LogP contribution in [0.15, 0.2) is 18.2 Å². The standard InChI is InChI=1S/C14H17N3O5/c1-9-4-5-11(12(7-9)17(20)21)16-14(19)13(18)15-8-10-3-2-6-22-10/h4-5,7,10H,2-3,6,8H2,1H3,(H,15,18)(H,16,19)/t10-/m1/s1. The van der Waals surface area contributed by atoms with Gasteiger partial charge in [-0.15, -0.1) is 0 Å². The summed E-state index contributed by atoms with van der Waals surface area (Å²) in [4.78, 5) is 33.9. The Morgan fingerprint density at radius 3 is 2.82 bits per heavy atom. The van der Waals surface area contributed by atoms with E-state index >= 15 is 0 Å². The van der Waals surface area contributed by atoms with Crippen molar-refractivity contribution in [1.82, 2.24) is 5.32 Å². The van der Waals surface area contributed by atoms with Gasteiger partial charge in [-0.1, -0.05) is 6.07 Å². The van der Waals surface area contributed by atoms with Crippen molar-refractivity contribution in [2.75, 3.05) is 18.5 Å². The van der Waals surface area contributed by atoms with Crippen LogP contribution in [-0.4, -0.2) is 36.0 Å². The fourth-order valence-corrected chi connectivity index (χ4v) is 2.17. The van der Waals surface area contributed by atoms with Gasteiger partial charge >= 0.3 is 11.8 Å². The average Bonchev–Trinajstić information content (AvgIpc) is 2.99. The molecule has 0 saturated carbocycles. The summed E-state index contributed by atoms with van der Waals surface area (Å²) in [6.45, 7) is 2.61. The van der Waals surface area contributed by atoms with Crippen LogP contribution in [0.3, 0.4) is 0 Å². The Morgan fingerprint density at radius 2 is 2.18 bits per heavy atom. The van der Waals surface area contributed by atoms with Crippen molar-refractivity contribution in [3.63, 3.8) is 0 Å².